The first-order valence-corrected chi connectivity index (χ1v) is 12.1. The number of carbonyl (C=O) groups is 1. The van der Waals surface area contributed by atoms with Gasteiger partial charge in [-0.25, -0.2) is 12.8 Å². The predicted molar refractivity (Wildman–Crippen MR) is 125 cm³/mol. The van der Waals surface area contributed by atoms with Crippen LogP contribution in [0.15, 0.2) is 65.6 Å². The Hall–Kier alpha value is -2.66. The molecule has 0 saturated heterocycles. The van der Waals surface area contributed by atoms with Crippen molar-refractivity contribution in [3.8, 4) is 0 Å². The van der Waals surface area contributed by atoms with Gasteiger partial charge in [-0.2, -0.15) is 17.5 Å². The second kappa shape index (κ2) is 10.5. The predicted octanol–water partition coefficient (Wildman–Crippen LogP) is 6.29. The number of hydrogen-bond donors (Lipinski definition) is 1. The standard InChI is InChI=1S/C23H18Cl2F4N2O3S/c1-14-5-8-16(9-6-14)35(33,34)31(12-17-18(24)3-2-4-20(17)26)13-22(32)30-21-11-15(23(27,28)29)7-10-19(21)25/h2-11H,12-13H2,1H3,(H,30,32). The van der Waals surface area contributed by atoms with Gasteiger partial charge in [-0.3, -0.25) is 4.79 Å². The van der Waals surface area contributed by atoms with E-state index in [0.717, 1.165) is 23.8 Å². The van der Waals surface area contributed by atoms with Crippen molar-refractivity contribution in [3.05, 3.63) is 93.2 Å². The first-order valence-electron chi connectivity index (χ1n) is 9.95. The summed E-state index contributed by atoms with van der Waals surface area (Å²) in [4.78, 5) is 12.6. The zero-order chi connectivity index (χ0) is 26.0. The first kappa shape index (κ1) is 26.9. The summed E-state index contributed by atoms with van der Waals surface area (Å²) in [5.74, 6) is -1.78. The van der Waals surface area contributed by atoms with Crippen molar-refractivity contribution in [1.82, 2.24) is 4.31 Å². The van der Waals surface area contributed by atoms with Crippen LogP contribution in [0.25, 0.3) is 0 Å². The fraction of sp³-hybridized carbons (Fsp3) is 0.174. The normalized spacial score (nSPS) is 12.1. The topological polar surface area (TPSA) is 66.5 Å². The number of halogens is 6. The van der Waals surface area contributed by atoms with Crippen LogP contribution in [0, 0.1) is 12.7 Å². The smallest absolute Gasteiger partial charge is 0.324 e. The maximum atomic E-state index is 14.4. The van der Waals surface area contributed by atoms with Crippen LogP contribution >= 0.6 is 23.2 Å². The van der Waals surface area contributed by atoms with E-state index in [-0.39, 0.29) is 26.2 Å². The highest BCUT2D eigenvalue weighted by molar-refractivity contribution is 7.89. The SMILES string of the molecule is Cc1ccc(S(=O)(=O)N(CC(=O)Nc2cc(C(F)(F)F)ccc2Cl)Cc2c(F)cccc2Cl)cc1. The Labute approximate surface area is 209 Å². The van der Waals surface area contributed by atoms with Crippen LogP contribution in [-0.4, -0.2) is 25.2 Å². The van der Waals surface area contributed by atoms with Crippen molar-refractivity contribution in [3.63, 3.8) is 0 Å². The lowest BCUT2D eigenvalue weighted by Crippen LogP contribution is -2.38. The summed E-state index contributed by atoms with van der Waals surface area (Å²) in [6, 6.07) is 11.8. The molecule has 0 spiro atoms. The molecule has 0 aliphatic rings. The molecule has 5 nitrogen and oxygen atoms in total. The molecule has 3 aromatic rings. The Morgan fingerprint density at radius 2 is 1.66 bits per heavy atom. The fourth-order valence-corrected chi connectivity index (χ4v) is 4.84. The molecule has 0 saturated carbocycles. The van der Waals surface area contributed by atoms with E-state index in [9.17, 15) is 30.8 Å². The van der Waals surface area contributed by atoms with Crippen molar-refractivity contribution in [2.45, 2.75) is 24.5 Å². The maximum Gasteiger partial charge on any atom is 0.416 e. The second-order valence-corrected chi connectivity index (χ2v) is 10.3. The lowest BCUT2D eigenvalue weighted by molar-refractivity contribution is -0.137. The Morgan fingerprint density at radius 1 is 1.00 bits per heavy atom. The summed E-state index contributed by atoms with van der Waals surface area (Å²) in [5, 5.41) is 1.95. The number of sulfonamides is 1. The molecule has 0 atom stereocenters. The number of nitrogens with zero attached hydrogens (tertiary/aromatic N) is 1. The van der Waals surface area contributed by atoms with Gasteiger partial charge >= 0.3 is 6.18 Å². The third-order valence-electron chi connectivity index (χ3n) is 4.94. The van der Waals surface area contributed by atoms with Gasteiger partial charge in [0.25, 0.3) is 0 Å². The Morgan fingerprint density at radius 3 is 2.26 bits per heavy atom. The number of alkyl halides is 3. The third kappa shape index (κ3) is 6.52. The van der Waals surface area contributed by atoms with Gasteiger partial charge in [-0.05, 0) is 49.4 Å². The summed E-state index contributed by atoms with van der Waals surface area (Å²) in [6.45, 7) is 0.290. The van der Waals surface area contributed by atoms with Crippen LogP contribution in [0.2, 0.25) is 10.0 Å². The number of amides is 1. The van der Waals surface area contributed by atoms with Crippen molar-refractivity contribution in [2.24, 2.45) is 0 Å². The lowest BCUT2D eigenvalue weighted by atomic mass is 10.2. The highest BCUT2D eigenvalue weighted by atomic mass is 35.5. The van der Waals surface area contributed by atoms with Crippen LogP contribution in [0.1, 0.15) is 16.7 Å². The number of aryl methyl sites for hydroxylation is 1. The number of rotatable bonds is 7. The summed E-state index contributed by atoms with van der Waals surface area (Å²) < 4.78 is 80.9. The van der Waals surface area contributed by atoms with Gasteiger partial charge in [-0.1, -0.05) is 47.0 Å². The molecule has 0 radical (unpaired) electrons. The van der Waals surface area contributed by atoms with Gasteiger partial charge in [0.2, 0.25) is 15.9 Å². The van der Waals surface area contributed by atoms with E-state index in [2.05, 4.69) is 5.32 Å². The molecule has 0 fully saturated rings. The minimum absolute atomic E-state index is 0.0598. The molecular formula is C23H18Cl2F4N2O3S. The minimum Gasteiger partial charge on any atom is -0.324 e. The first-order chi connectivity index (χ1) is 16.3. The van der Waals surface area contributed by atoms with Crippen LogP contribution < -0.4 is 5.32 Å². The van der Waals surface area contributed by atoms with E-state index >= 15 is 0 Å². The highest BCUT2D eigenvalue weighted by Gasteiger charge is 2.32. The molecule has 3 aromatic carbocycles. The summed E-state index contributed by atoms with van der Waals surface area (Å²) >= 11 is 12.0. The summed E-state index contributed by atoms with van der Waals surface area (Å²) in [6.07, 6.45) is -4.69. The molecule has 0 aliphatic carbocycles. The molecule has 1 amide bonds. The van der Waals surface area contributed by atoms with Gasteiger partial charge in [0.15, 0.2) is 0 Å². The van der Waals surface area contributed by atoms with E-state index in [1.807, 2.05) is 0 Å². The molecule has 0 bridgehead atoms. The summed E-state index contributed by atoms with van der Waals surface area (Å²) in [5.41, 5.74) is -0.804. The molecule has 0 heterocycles. The highest BCUT2D eigenvalue weighted by Crippen LogP contribution is 2.34. The van der Waals surface area contributed by atoms with Crippen molar-refractivity contribution in [1.29, 1.82) is 0 Å². The Bertz CT molecular complexity index is 1330. The van der Waals surface area contributed by atoms with Crippen LogP contribution in [0.3, 0.4) is 0 Å². The van der Waals surface area contributed by atoms with Crippen molar-refractivity contribution >= 4 is 44.8 Å². The van der Waals surface area contributed by atoms with Gasteiger partial charge in [0.05, 0.1) is 27.7 Å². The molecular weight excluding hydrogens is 531 g/mol. The summed E-state index contributed by atoms with van der Waals surface area (Å²) in [7, 11) is -4.34. The second-order valence-electron chi connectivity index (χ2n) is 7.53. The number of nitrogens with one attached hydrogen (secondary N) is 1. The lowest BCUT2D eigenvalue weighted by Gasteiger charge is -2.23. The van der Waals surface area contributed by atoms with Crippen molar-refractivity contribution < 1.29 is 30.8 Å². The average Bonchev–Trinajstić information content (AvgIpc) is 2.76. The number of carbonyl (C=O) groups excluding carboxylic acids is 1. The quantitative estimate of drug-likeness (QED) is 0.353. The maximum absolute atomic E-state index is 14.4. The fourth-order valence-electron chi connectivity index (χ4n) is 3.09. The molecule has 35 heavy (non-hydrogen) atoms. The van der Waals surface area contributed by atoms with E-state index in [4.69, 9.17) is 23.2 Å². The molecule has 0 aliphatic heterocycles. The molecule has 1 N–H and O–H groups in total. The van der Waals surface area contributed by atoms with E-state index in [1.54, 1.807) is 19.1 Å². The average molecular weight is 549 g/mol. The van der Waals surface area contributed by atoms with Crippen LogP contribution in [0.4, 0.5) is 23.2 Å². The zero-order valence-corrected chi connectivity index (χ0v) is 20.4. The van der Waals surface area contributed by atoms with Gasteiger partial charge in [-0.15, -0.1) is 0 Å². The van der Waals surface area contributed by atoms with Gasteiger partial charge in [0.1, 0.15) is 5.82 Å². The Balaban J connectivity index is 1.95. The number of anilines is 1. The van der Waals surface area contributed by atoms with E-state index in [0.29, 0.717) is 10.4 Å². The Kier molecular flexibility index (Phi) is 8.10. The number of hydrogen-bond acceptors (Lipinski definition) is 3. The van der Waals surface area contributed by atoms with Crippen LogP contribution in [-0.2, 0) is 27.5 Å². The number of benzene rings is 3. The van der Waals surface area contributed by atoms with E-state index < -0.39 is 46.6 Å². The van der Waals surface area contributed by atoms with Gasteiger partial charge in [0, 0.05) is 17.1 Å². The van der Waals surface area contributed by atoms with Gasteiger partial charge < -0.3 is 5.32 Å². The zero-order valence-electron chi connectivity index (χ0n) is 18.0. The molecule has 12 heteroatoms. The monoisotopic (exact) mass is 548 g/mol. The van der Waals surface area contributed by atoms with E-state index in [1.165, 1.54) is 24.3 Å². The molecule has 0 aromatic heterocycles. The molecule has 3 rings (SSSR count). The largest absolute Gasteiger partial charge is 0.416 e. The van der Waals surface area contributed by atoms with Crippen molar-refractivity contribution in [2.75, 3.05) is 11.9 Å². The molecule has 0 unspecified atom stereocenters. The third-order valence-corrected chi connectivity index (χ3v) is 7.43. The minimum atomic E-state index is -4.69. The molecule has 186 valence electrons. The van der Waals surface area contributed by atoms with Crippen LogP contribution in [0.5, 0.6) is 0 Å².